The molecule has 0 spiro atoms. The lowest BCUT2D eigenvalue weighted by molar-refractivity contribution is -0.143. The maximum absolute atomic E-state index is 12.2. The third-order valence-corrected chi connectivity index (χ3v) is 3.23. The highest BCUT2D eigenvalue weighted by Gasteiger charge is 2.37. The van der Waals surface area contributed by atoms with Crippen molar-refractivity contribution in [3.63, 3.8) is 0 Å². The van der Waals surface area contributed by atoms with Gasteiger partial charge in [-0.25, -0.2) is 9.59 Å². The standard InChI is InChI=1S/C15H19NO5/c1-15(2,3)21-14(20)16-8-10-6-11(17)5-4-9(10)7-12(16)13(18)19/h4-6,12,17H,7-8H2,1-3H3,(H,18,19). The molecule has 0 saturated heterocycles. The largest absolute Gasteiger partial charge is 0.508 e. The van der Waals surface area contributed by atoms with Gasteiger partial charge < -0.3 is 14.9 Å². The number of carbonyl (C=O) groups is 2. The zero-order valence-corrected chi connectivity index (χ0v) is 12.3. The molecule has 0 fully saturated rings. The summed E-state index contributed by atoms with van der Waals surface area (Å²) in [5.41, 5.74) is 0.859. The van der Waals surface area contributed by atoms with Crippen LogP contribution in [-0.2, 0) is 22.5 Å². The number of hydrogen-bond donors (Lipinski definition) is 2. The number of benzene rings is 1. The van der Waals surface area contributed by atoms with Crippen LogP contribution in [0.1, 0.15) is 31.9 Å². The van der Waals surface area contributed by atoms with Crippen LogP contribution in [0, 0.1) is 0 Å². The molecule has 1 heterocycles. The average Bonchev–Trinajstić information content (AvgIpc) is 2.34. The summed E-state index contributed by atoms with van der Waals surface area (Å²) in [6.07, 6.45) is -0.464. The fourth-order valence-electron chi connectivity index (χ4n) is 2.30. The van der Waals surface area contributed by atoms with Gasteiger partial charge in [0.25, 0.3) is 0 Å². The number of nitrogens with zero attached hydrogens (tertiary/aromatic N) is 1. The lowest BCUT2D eigenvalue weighted by Gasteiger charge is -2.35. The smallest absolute Gasteiger partial charge is 0.411 e. The minimum Gasteiger partial charge on any atom is -0.508 e. The molecule has 1 aromatic rings. The Morgan fingerprint density at radius 3 is 2.52 bits per heavy atom. The number of aliphatic carboxylic acids is 1. The molecule has 1 aliphatic heterocycles. The molecule has 0 saturated carbocycles. The number of aromatic hydroxyl groups is 1. The van der Waals surface area contributed by atoms with E-state index in [1.54, 1.807) is 32.9 Å². The van der Waals surface area contributed by atoms with Crippen LogP contribution in [-0.4, -0.2) is 38.8 Å². The van der Waals surface area contributed by atoms with Crippen molar-refractivity contribution in [3.05, 3.63) is 29.3 Å². The highest BCUT2D eigenvalue weighted by atomic mass is 16.6. The number of carboxylic acid groups (broad SMARTS) is 1. The third-order valence-electron chi connectivity index (χ3n) is 3.23. The van der Waals surface area contributed by atoms with E-state index in [-0.39, 0.29) is 18.7 Å². The zero-order chi connectivity index (χ0) is 15.8. The first-order valence-electron chi connectivity index (χ1n) is 6.70. The van der Waals surface area contributed by atoms with Crippen molar-refractivity contribution in [1.29, 1.82) is 0 Å². The molecule has 1 aliphatic rings. The summed E-state index contributed by atoms with van der Waals surface area (Å²) in [5.74, 6) is -0.980. The molecule has 1 amide bonds. The number of fused-ring (bicyclic) bond motifs is 1. The monoisotopic (exact) mass is 293 g/mol. The molecule has 0 aromatic heterocycles. The maximum Gasteiger partial charge on any atom is 0.411 e. The summed E-state index contributed by atoms with van der Waals surface area (Å²) >= 11 is 0. The molecule has 1 atom stereocenters. The molecular formula is C15H19NO5. The highest BCUT2D eigenvalue weighted by Crippen LogP contribution is 2.28. The van der Waals surface area contributed by atoms with Gasteiger partial charge >= 0.3 is 12.1 Å². The van der Waals surface area contributed by atoms with Gasteiger partial charge in [-0.2, -0.15) is 0 Å². The number of phenolic OH excluding ortho intramolecular Hbond substituents is 1. The first kappa shape index (κ1) is 15.2. The van der Waals surface area contributed by atoms with Gasteiger partial charge in [-0.05, 0) is 44.0 Å². The minimum atomic E-state index is -1.07. The van der Waals surface area contributed by atoms with Crippen molar-refractivity contribution in [2.24, 2.45) is 0 Å². The molecule has 0 bridgehead atoms. The van der Waals surface area contributed by atoms with E-state index >= 15 is 0 Å². The number of carbonyl (C=O) groups excluding carboxylic acids is 1. The Bertz CT molecular complexity index is 576. The average molecular weight is 293 g/mol. The van der Waals surface area contributed by atoms with E-state index < -0.39 is 23.7 Å². The van der Waals surface area contributed by atoms with E-state index in [0.717, 1.165) is 11.1 Å². The van der Waals surface area contributed by atoms with Gasteiger partial charge in [0.1, 0.15) is 17.4 Å². The Morgan fingerprint density at radius 2 is 1.95 bits per heavy atom. The van der Waals surface area contributed by atoms with Crippen LogP contribution in [0.25, 0.3) is 0 Å². The molecule has 6 heteroatoms. The van der Waals surface area contributed by atoms with Gasteiger partial charge in [-0.15, -0.1) is 0 Å². The predicted octanol–water partition coefficient (Wildman–Crippen LogP) is 2.14. The Hall–Kier alpha value is -2.24. The zero-order valence-electron chi connectivity index (χ0n) is 12.3. The number of carboxylic acids is 1. The van der Waals surface area contributed by atoms with Gasteiger partial charge in [0, 0.05) is 6.42 Å². The predicted molar refractivity (Wildman–Crippen MR) is 75.0 cm³/mol. The normalized spacial score (nSPS) is 18.0. The van der Waals surface area contributed by atoms with Gasteiger partial charge in [0.05, 0.1) is 6.54 Å². The molecule has 2 rings (SSSR count). The van der Waals surface area contributed by atoms with Crippen molar-refractivity contribution >= 4 is 12.1 Å². The lowest BCUT2D eigenvalue weighted by Crippen LogP contribution is -2.50. The van der Waals surface area contributed by atoms with Crippen LogP contribution in [0.4, 0.5) is 4.79 Å². The van der Waals surface area contributed by atoms with Crippen molar-refractivity contribution in [2.45, 2.75) is 45.4 Å². The quantitative estimate of drug-likeness (QED) is 0.828. The fourth-order valence-corrected chi connectivity index (χ4v) is 2.30. The molecule has 0 radical (unpaired) electrons. The molecule has 21 heavy (non-hydrogen) atoms. The fraction of sp³-hybridized carbons (Fsp3) is 0.467. The van der Waals surface area contributed by atoms with Crippen LogP contribution in [0.3, 0.4) is 0 Å². The molecule has 0 aliphatic carbocycles. The van der Waals surface area contributed by atoms with Crippen LogP contribution in [0.15, 0.2) is 18.2 Å². The van der Waals surface area contributed by atoms with E-state index in [4.69, 9.17) is 4.74 Å². The first-order chi connectivity index (χ1) is 9.67. The second-order valence-electron chi connectivity index (χ2n) is 6.12. The number of ether oxygens (including phenoxy) is 1. The highest BCUT2D eigenvalue weighted by molar-refractivity contribution is 5.81. The van der Waals surface area contributed by atoms with Gasteiger partial charge in [-0.3, -0.25) is 4.90 Å². The third kappa shape index (κ3) is 3.45. The topological polar surface area (TPSA) is 87.1 Å². The Labute approximate surface area is 122 Å². The molecule has 114 valence electrons. The SMILES string of the molecule is CC(C)(C)OC(=O)N1Cc2cc(O)ccc2CC1C(=O)O. The molecule has 1 unspecified atom stereocenters. The number of amides is 1. The summed E-state index contributed by atoms with van der Waals surface area (Å²) < 4.78 is 5.26. The first-order valence-corrected chi connectivity index (χ1v) is 6.70. The van der Waals surface area contributed by atoms with Gasteiger partial charge in [0.15, 0.2) is 0 Å². The molecule has 2 N–H and O–H groups in total. The van der Waals surface area contributed by atoms with Gasteiger partial charge in [0.2, 0.25) is 0 Å². The molecule has 1 aromatic carbocycles. The van der Waals surface area contributed by atoms with Crippen LogP contribution in [0.5, 0.6) is 5.75 Å². The number of rotatable bonds is 1. The minimum absolute atomic E-state index is 0.0895. The maximum atomic E-state index is 12.2. The second kappa shape index (κ2) is 5.27. The summed E-state index contributed by atoms with van der Waals surface area (Å²) in [6.45, 7) is 5.29. The molecule has 6 nitrogen and oxygen atoms in total. The Kier molecular flexibility index (Phi) is 3.80. The van der Waals surface area contributed by atoms with Crippen molar-refractivity contribution in [3.8, 4) is 5.75 Å². The van der Waals surface area contributed by atoms with Gasteiger partial charge in [-0.1, -0.05) is 6.07 Å². The summed E-state index contributed by atoms with van der Waals surface area (Å²) in [4.78, 5) is 24.8. The van der Waals surface area contributed by atoms with E-state index in [1.807, 2.05) is 0 Å². The van der Waals surface area contributed by atoms with Crippen LogP contribution >= 0.6 is 0 Å². The second-order valence-corrected chi connectivity index (χ2v) is 6.12. The van der Waals surface area contributed by atoms with Crippen molar-refractivity contribution in [2.75, 3.05) is 0 Å². The lowest BCUT2D eigenvalue weighted by atomic mass is 9.94. The summed E-state index contributed by atoms with van der Waals surface area (Å²) in [7, 11) is 0. The van der Waals surface area contributed by atoms with Crippen molar-refractivity contribution < 1.29 is 24.5 Å². The summed E-state index contributed by atoms with van der Waals surface area (Å²) in [5, 5.41) is 18.9. The van der Waals surface area contributed by atoms with E-state index in [9.17, 15) is 19.8 Å². The Balaban J connectivity index is 2.30. The number of hydrogen-bond acceptors (Lipinski definition) is 4. The van der Waals surface area contributed by atoms with E-state index in [0.29, 0.717) is 0 Å². The van der Waals surface area contributed by atoms with Crippen molar-refractivity contribution in [1.82, 2.24) is 4.90 Å². The molecular weight excluding hydrogens is 274 g/mol. The number of phenols is 1. The Morgan fingerprint density at radius 1 is 1.29 bits per heavy atom. The van der Waals surface area contributed by atoms with E-state index in [1.165, 1.54) is 11.0 Å². The van der Waals surface area contributed by atoms with E-state index in [2.05, 4.69) is 0 Å². The van der Waals surface area contributed by atoms with Crippen LogP contribution in [0.2, 0.25) is 0 Å². The van der Waals surface area contributed by atoms with Crippen LogP contribution < -0.4 is 0 Å². The summed E-state index contributed by atoms with van der Waals surface area (Å²) in [6, 6.07) is 3.79.